The molecule has 2 nitrogen and oxygen atoms in total. The van der Waals surface area contributed by atoms with Crippen molar-refractivity contribution < 1.29 is 13.2 Å². The van der Waals surface area contributed by atoms with Gasteiger partial charge in [0.15, 0.2) is 0 Å². The lowest BCUT2D eigenvalue weighted by Gasteiger charge is -2.16. The summed E-state index contributed by atoms with van der Waals surface area (Å²) in [4.78, 5) is 5.20. The number of pyridine rings is 1. The summed E-state index contributed by atoms with van der Waals surface area (Å²) in [7, 11) is 1.79. The molecule has 0 aliphatic carbocycles. The molecule has 0 fully saturated rings. The van der Waals surface area contributed by atoms with E-state index in [0.29, 0.717) is 5.69 Å². The maximum absolute atomic E-state index is 12.5. The molecule has 2 aromatic heterocycles. The normalized spacial score (nSPS) is 13.4. The maximum atomic E-state index is 12.5. The molecular weight excluding hydrogens is 285 g/mol. The average molecular weight is 300 g/mol. The van der Waals surface area contributed by atoms with Gasteiger partial charge in [-0.1, -0.05) is 6.07 Å². The first-order chi connectivity index (χ1) is 9.50. The van der Waals surface area contributed by atoms with E-state index in [1.54, 1.807) is 18.4 Å². The van der Waals surface area contributed by atoms with Gasteiger partial charge in [-0.05, 0) is 43.5 Å². The number of aromatic nitrogens is 1. The predicted octanol–water partition coefficient (Wildman–Crippen LogP) is 4.06. The molecule has 2 heterocycles. The van der Waals surface area contributed by atoms with Gasteiger partial charge in [0.2, 0.25) is 0 Å². The van der Waals surface area contributed by atoms with E-state index in [0.717, 1.165) is 25.1 Å². The second-order valence-corrected chi connectivity index (χ2v) is 5.46. The van der Waals surface area contributed by atoms with Crippen molar-refractivity contribution in [1.29, 1.82) is 0 Å². The van der Waals surface area contributed by atoms with Crippen LogP contribution in [0.3, 0.4) is 0 Å². The molecule has 0 aliphatic heterocycles. The molecule has 0 radical (unpaired) electrons. The molecule has 2 rings (SSSR count). The van der Waals surface area contributed by atoms with Crippen LogP contribution in [0.15, 0.2) is 35.8 Å². The number of aryl methyl sites for hydroxylation is 1. The Morgan fingerprint density at radius 2 is 2.10 bits per heavy atom. The Morgan fingerprint density at radius 3 is 2.60 bits per heavy atom. The highest BCUT2D eigenvalue weighted by Gasteiger charge is 2.30. The number of thiophene rings is 1. The topological polar surface area (TPSA) is 24.9 Å². The number of hydrogen-bond acceptors (Lipinski definition) is 3. The number of nitrogens with one attached hydrogen (secondary N) is 1. The lowest BCUT2D eigenvalue weighted by atomic mass is 10.1. The summed E-state index contributed by atoms with van der Waals surface area (Å²) >= 11 is 1.68. The fraction of sp³-hybridized carbons (Fsp3) is 0.357. The molecule has 0 aromatic carbocycles. The van der Waals surface area contributed by atoms with E-state index in [-0.39, 0.29) is 6.04 Å². The largest absolute Gasteiger partial charge is 0.417 e. The molecule has 6 heteroatoms. The first-order valence-electron chi connectivity index (χ1n) is 6.23. The minimum absolute atomic E-state index is 0.0422. The molecule has 1 N–H and O–H groups in total. The van der Waals surface area contributed by atoms with Crippen LogP contribution in [0.1, 0.15) is 28.6 Å². The van der Waals surface area contributed by atoms with E-state index in [1.807, 2.05) is 11.4 Å². The highest BCUT2D eigenvalue weighted by Crippen LogP contribution is 2.29. The van der Waals surface area contributed by atoms with Crippen LogP contribution in [-0.4, -0.2) is 12.0 Å². The summed E-state index contributed by atoms with van der Waals surface area (Å²) < 4.78 is 37.4. The molecular formula is C14H15F3N2S. The summed E-state index contributed by atoms with van der Waals surface area (Å²) in [5.74, 6) is 0. The number of halogens is 3. The van der Waals surface area contributed by atoms with Gasteiger partial charge in [0, 0.05) is 17.1 Å². The van der Waals surface area contributed by atoms with E-state index >= 15 is 0 Å². The van der Waals surface area contributed by atoms with Crippen LogP contribution in [0, 0.1) is 0 Å². The molecule has 0 saturated heterocycles. The summed E-state index contributed by atoms with van der Waals surface area (Å²) in [6.07, 6.45) is -1.76. The highest BCUT2D eigenvalue weighted by molar-refractivity contribution is 7.09. The third-order valence-corrected chi connectivity index (χ3v) is 4.01. The molecule has 0 spiro atoms. The maximum Gasteiger partial charge on any atom is 0.417 e. The fourth-order valence-corrected chi connectivity index (χ4v) is 2.69. The second kappa shape index (κ2) is 6.37. The highest BCUT2D eigenvalue weighted by atomic mass is 32.1. The number of alkyl halides is 3. The summed E-state index contributed by atoms with van der Waals surface area (Å²) in [5, 5.41) is 5.11. The van der Waals surface area contributed by atoms with E-state index in [2.05, 4.69) is 16.4 Å². The van der Waals surface area contributed by atoms with Crippen molar-refractivity contribution in [1.82, 2.24) is 10.3 Å². The van der Waals surface area contributed by atoms with Gasteiger partial charge >= 0.3 is 6.18 Å². The summed E-state index contributed by atoms with van der Waals surface area (Å²) in [6, 6.07) is 6.53. The minimum Gasteiger partial charge on any atom is -0.312 e. The first-order valence-corrected chi connectivity index (χ1v) is 7.11. The van der Waals surface area contributed by atoms with Crippen molar-refractivity contribution in [3.63, 3.8) is 0 Å². The standard InChI is InChI=1S/C14H15F3N2S/c1-18-12(7-5-11-3-2-8-20-11)13-6-4-10(9-19-13)14(15,16)17/h2-4,6,8-9,12,18H,5,7H2,1H3. The van der Waals surface area contributed by atoms with Gasteiger partial charge in [-0.2, -0.15) is 13.2 Å². The molecule has 1 unspecified atom stereocenters. The average Bonchev–Trinajstić information content (AvgIpc) is 2.92. The van der Waals surface area contributed by atoms with Gasteiger partial charge in [-0.15, -0.1) is 11.3 Å². The van der Waals surface area contributed by atoms with Gasteiger partial charge < -0.3 is 5.32 Å². The van der Waals surface area contributed by atoms with Crippen LogP contribution in [-0.2, 0) is 12.6 Å². The molecule has 0 bridgehead atoms. The van der Waals surface area contributed by atoms with E-state index in [1.165, 1.54) is 10.9 Å². The Bertz CT molecular complexity index is 520. The summed E-state index contributed by atoms with van der Waals surface area (Å²) in [5.41, 5.74) is -0.0774. The lowest BCUT2D eigenvalue weighted by Crippen LogP contribution is -2.18. The molecule has 20 heavy (non-hydrogen) atoms. The van der Waals surface area contributed by atoms with E-state index < -0.39 is 11.7 Å². The summed E-state index contributed by atoms with van der Waals surface area (Å²) in [6.45, 7) is 0. The van der Waals surface area contributed by atoms with Gasteiger partial charge in [0.25, 0.3) is 0 Å². The van der Waals surface area contributed by atoms with Crippen LogP contribution < -0.4 is 5.32 Å². The number of nitrogens with zero attached hydrogens (tertiary/aromatic N) is 1. The predicted molar refractivity (Wildman–Crippen MR) is 73.7 cm³/mol. The van der Waals surface area contributed by atoms with Crippen molar-refractivity contribution in [2.24, 2.45) is 0 Å². The third kappa shape index (κ3) is 3.80. The quantitative estimate of drug-likeness (QED) is 0.901. The molecule has 0 saturated carbocycles. The van der Waals surface area contributed by atoms with Crippen molar-refractivity contribution in [3.8, 4) is 0 Å². The van der Waals surface area contributed by atoms with Crippen molar-refractivity contribution in [2.75, 3.05) is 7.05 Å². The molecule has 2 aromatic rings. The van der Waals surface area contributed by atoms with Crippen LogP contribution in [0.4, 0.5) is 13.2 Å². The first kappa shape index (κ1) is 15.0. The number of rotatable bonds is 5. The smallest absolute Gasteiger partial charge is 0.312 e. The zero-order chi connectivity index (χ0) is 14.6. The van der Waals surface area contributed by atoms with Gasteiger partial charge in [-0.3, -0.25) is 4.98 Å². The van der Waals surface area contributed by atoms with E-state index in [9.17, 15) is 13.2 Å². The van der Waals surface area contributed by atoms with E-state index in [4.69, 9.17) is 0 Å². The SMILES string of the molecule is CNC(CCc1cccs1)c1ccc(C(F)(F)F)cn1. The van der Waals surface area contributed by atoms with Gasteiger partial charge in [-0.25, -0.2) is 0 Å². The zero-order valence-electron chi connectivity index (χ0n) is 10.9. The van der Waals surface area contributed by atoms with Crippen molar-refractivity contribution >= 4 is 11.3 Å². The fourth-order valence-electron chi connectivity index (χ4n) is 1.96. The molecule has 0 aliphatic rings. The van der Waals surface area contributed by atoms with Crippen molar-refractivity contribution in [2.45, 2.75) is 25.1 Å². The number of hydrogen-bond donors (Lipinski definition) is 1. The molecule has 0 amide bonds. The van der Waals surface area contributed by atoms with Gasteiger partial charge in [0.05, 0.1) is 11.3 Å². The monoisotopic (exact) mass is 300 g/mol. The van der Waals surface area contributed by atoms with Gasteiger partial charge in [0.1, 0.15) is 0 Å². The Morgan fingerprint density at radius 1 is 1.30 bits per heavy atom. The molecule has 1 atom stereocenters. The minimum atomic E-state index is -4.34. The Labute approximate surface area is 119 Å². The van der Waals surface area contributed by atoms with Crippen LogP contribution in [0.25, 0.3) is 0 Å². The Hall–Kier alpha value is -1.40. The van der Waals surface area contributed by atoms with Crippen molar-refractivity contribution in [3.05, 3.63) is 52.0 Å². The van der Waals surface area contributed by atoms with Crippen LogP contribution >= 0.6 is 11.3 Å². The zero-order valence-corrected chi connectivity index (χ0v) is 11.8. The Kier molecular flexibility index (Phi) is 4.77. The second-order valence-electron chi connectivity index (χ2n) is 4.43. The lowest BCUT2D eigenvalue weighted by molar-refractivity contribution is -0.137. The third-order valence-electron chi connectivity index (χ3n) is 3.08. The molecule has 108 valence electrons. The van der Waals surface area contributed by atoms with Crippen LogP contribution in [0.2, 0.25) is 0 Å². The Balaban J connectivity index is 2.04. The van der Waals surface area contributed by atoms with Crippen LogP contribution in [0.5, 0.6) is 0 Å².